The molecule has 0 aliphatic rings. The van der Waals surface area contributed by atoms with Crippen LogP contribution < -0.4 is 15.2 Å². The third-order valence-corrected chi connectivity index (χ3v) is 5.07. The summed E-state index contributed by atoms with van der Waals surface area (Å²) in [7, 11) is -2.21. The van der Waals surface area contributed by atoms with E-state index in [0.717, 1.165) is 0 Å². The summed E-state index contributed by atoms with van der Waals surface area (Å²) >= 11 is 3.15. The Labute approximate surface area is 176 Å². The van der Waals surface area contributed by atoms with Gasteiger partial charge in [-0.05, 0) is 50.9 Å². The van der Waals surface area contributed by atoms with Gasteiger partial charge in [0.2, 0.25) is 0 Å². The fraction of sp³-hybridized carbons (Fsp3) is 0.438. The molecule has 0 bridgehead atoms. The van der Waals surface area contributed by atoms with E-state index in [2.05, 4.69) is 41.3 Å². The number of halogens is 2. The van der Waals surface area contributed by atoms with Crippen molar-refractivity contribution in [1.82, 2.24) is 15.0 Å². The molecule has 0 saturated carbocycles. The van der Waals surface area contributed by atoms with E-state index >= 15 is 0 Å². The second-order valence-electron chi connectivity index (χ2n) is 5.98. The minimum atomic E-state index is -3.79. The Kier molecular flexibility index (Phi) is 8.64. The highest BCUT2D eigenvalue weighted by Crippen LogP contribution is 2.26. The zero-order valence-electron chi connectivity index (χ0n) is 15.9. The van der Waals surface area contributed by atoms with E-state index in [9.17, 15) is 12.8 Å². The molecule has 0 spiro atoms. The summed E-state index contributed by atoms with van der Waals surface area (Å²) in [5.41, 5.74) is 1.40. The summed E-state index contributed by atoms with van der Waals surface area (Å²) in [5.74, 6) is -0.253. The van der Waals surface area contributed by atoms with E-state index in [1.54, 1.807) is 13.2 Å². The number of aliphatic imine (C=N–C) groups is 1. The zero-order chi connectivity index (χ0) is 21.4. The molecular weight excluding hydrogens is 471 g/mol. The van der Waals surface area contributed by atoms with Gasteiger partial charge in [-0.3, -0.25) is 4.99 Å². The summed E-state index contributed by atoms with van der Waals surface area (Å²) in [6.07, 6.45) is 0.689. The van der Waals surface area contributed by atoms with Gasteiger partial charge in [-0.2, -0.15) is 8.42 Å². The smallest absolute Gasteiger partial charge is 0.274 e. The van der Waals surface area contributed by atoms with Crippen molar-refractivity contribution in [1.29, 1.82) is 0 Å². The first kappa shape index (κ1) is 23.3. The van der Waals surface area contributed by atoms with Crippen LogP contribution in [0.5, 0.6) is 0 Å². The fourth-order valence-corrected chi connectivity index (χ4v) is 3.22. The van der Waals surface area contributed by atoms with Crippen LogP contribution in [0.25, 0.3) is 0 Å². The molecule has 1 atom stereocenters. The number of anilines is 1. The van der Waals surface area contributed by atoms with Crippen molar-refractivity contribution in [3.63, 3.8) is 0 Å². The van der Waals surface area contributed by atoms with E-state index in [1.165, 1.54) is 12.1 Å². The number of nitrogens with one attached hydrogen (secondary N) is 2. The molecule has 160 valence electrons. The molecule has 0 fully saturated rings. The Bertz CT molecular complexity index is 953. The average Bonchev–Trinajstić information content (AvgIpc) is 3.12. The lowest BCUT2D eigenvalue weighted by Gasteiger charge is -2.16. The van der Waals surface area contributed by atoms with Crippen molar-refractivity contribution >= 4 is 43.4 Å². The molecule has 0 aliphatic carbocycles. The summed E-state index contributed by atoms with van der Waals surface area (Å²) in [6.45, 7) is 2.57. The molecule has 4 N–H and O–H groups in total. The van der Waals surface area contributed by atoms with Crippen molar-refractivity contribution in [2.45, 2.75) is 13.3 Å². The van der Waals surface area contributed by atoms with Gasteiger partial charge in [0, 0.05) is 26.1 Å². The topological polar surface area (TPSA) is 145 Å². The van der Waals surface area contributed by atoms with Gasteiger partial charge in [-0.25, -0.2) is 18.9 Å². The Morgan fingerprint density at radius 1 is 1.41 bits per heavy atom. The van der Waals surface area contributed by atoms with Crippen LogP contribution in [0.4, 0.5) is 15.9 Å². The van der Waals surface area contributed by atoms with E-state index in [4.69, 9.17) is 14.5 Å². The van der Waals surface area contributed by atoms with E-state index in [1.807, 2.05) is 6.92 Å². The number of benzene rings is 1. The molecule has 1 heterocycles. The van der Waals surface area contributed by atoms with E-state index in [-0.39, 0.29) is 29.3 Å². The van der Waals surface area contributed by atoms with E-state index in [0.29, 0.717) is 30.1 Å². The molecule has 29 heavy (non-hydrogen) atoms. The number of nitrogens with zero attached hydrogens (tertiary/aromatic N) is 3. The van der Waals surface area contributed by atoms with Gasteiger partial charge in [0.25, 0.3) is 10.2 Å². The normalized spacial score (nSPS) is 13.5. The fourth-order valence-electron chi connectivity index (χ4n) is 2.47. The van der Waals surface area contributed by atoms with Crippen LogP contribution in [-0.2, 0) is 14.9 Å². The molecule has 0 amide bonds. The SMILES string of the molecule is CCC(COC)C(=Nc1ccc(F)c(Br)c1)c1nonc1NCCNS(N)(=O)=O. The molecule has 1 aromatic heterocycles. The summed E-state index contributed by atoms with van der Waals surface area (Å²) in [5, 5.41) is 15.6. The predicted molar refractivity (Wildman–Crippen MR) is 110 cm³/mol. The van der Waals surface area contributed by atoms with E-state index < -0.39 is 16.0 Å². The van der Waals surface area contributed by atoms with Gasteiger partial charge in [0.15, 0.2) is 11.5 Å². The van der Waals surface area contributed by atoms with Gasteiger partial charge in [-0.1, -0.05) is 6.92 Å². The first-order valence-electron chi connectivity index (χ1n) is 8.62. The molecule has 1 aromatic carbocycles. The number of methoxy groups -OCH3 is 1. The van der Waals surface area contributed by atoms with Crippen LogP contribution in [0.1, 0.15) is 19.0 Å². The number of aromatic nitrogens is 2. The largest absolute Gasteiger partial charge is 0.384 e. The second-order valence-corrected chi connectivity index (χ2v) is 8.22. The molecule has 1 unspecified atom stereocenters. The lowest BCUT2D eigenvalue weighted by atomic mass is 9.98. The number of hydrogen-bond donors (Lipinski definition) is 3. The molecule has 13 heteroatoms. The monoisotopic (exact) mass is 492 g/mol. The lowest BCUT2D eigenvalue weighted by Crippen LogP contribution is -2.34. The molecule has 2 aromatic rings. The van der Waals surface area contributed by atoms with Crippen molar-refractivity contribution in [2.75, 3.05) is 32.1 Å². The van der Waals surface area contributed by atoms with Gasteiger partial charge in [-0.15, -0.1) is 0 Å². The predicted octanol–water partition coefficient (Wildman–Crippen LogP) is 1.97. The van der Waals surface area contributed by atoms with Gasteiger partial charge >= 0.3 is 0 Å². The Morgan fingerprint density at radius 2 is 2.17 bits per heavy atom. The second kappa shape index (κ2) is 10.7. The van der Waals surface area contributed by atoms with Crippen LogP contribution in [0.2, 0.25) is 0 Å². The highest BCUT2D eigenvalue weighted by molar-refractivity contribution is 9.10. The Morgan fingerprint density at radius 3 is 2.79 bits per heavy atom. The van der Waals surface area contributed by atoms with Crippen molar-refractivity contribution in [3.05, 3.63) is 34.2 Å². The zero-order valence-corrected chi connectivity index (χ0v) is 18.3. The minimum absolute atomic E-state index is 0.0395. The van der Waals surface area contributed by atoms with Crippen LogP contribution in [-0.4, -0.2) is 51.2 Å². The quantitative estimate of drug-likeness (QED) is 0.321. The first-order chi connectivity index (χ1) is 13.7. The Balaban J connectivity index is 2.33. The molecule has 0 saturated heterocycles. The third-order valence-electron chi connectivity index (χ3n) is 3.85. The van der Waals surface area contributed by atoms with Gasteiger partial charge in [0.1, 0.15) is 5.82 Å². The molecule has 0 radical (unpaired) electrons. The average molecular weight is 493 g/mol. The highest BCUT2D eigenvalue weighted by atomic mass is 79.9. The summed E-state index contributed by atoms with van der Waals surface area (Å²) in [4.78, 5) is 4.63. The first-order valence-corrected chi connectivity index (χ1v) is 11.0. The standard InChI is InChI=1S/C16H22BrFN6O4S/c1-3-10(9-27-2)14(22-11-4-5-13(18)12(17)8-11)15-16(24-28-23-15)20-6-7-21-29(19,25)26/h4-5,8,10,21H,3,6-7,9H2,1-2H3,(H,20,24)(H2,19,25,26). The number of nitrogens with two attached hydrogens (primary N) is 1. The van der Waals surface area contributed by atoms with Crippen LogP contribution in [0.15, 0.2) is 32.3 Å². The summed E-state index contributed by atoms with van der Waals surface area (Å²) < 4.78 is 48.0. The number of hydrogen-bond acceptors (Lipinski definition) is 8. The lowest BCUT2D eigenvalue weighted by molar-refractivity contribution is 0.174. The Hall–Kier alpha value is -1.93. The van der Waals surface area contributed by atoms with Gasteiger partial charge in [0.05, 0.1) is 22.5 Å². The third kappa shape index (κ3) is 7.12. The van der Waals surface area contributed by atoms with Crippen molar-refractivity contribution < 1.29 is 22.2 Å². The highest BCUT2D eigenvalue weighted by Gasteiger charge is 2.24. The summed E-state index contributed by atoms with van der Waals surface area (Å²) in [6, 6.07) is 4.39. The minimum Gasteiger partial charge on any atom is -0.384 e. The van der Waals surface area contributed by atoms with Crippen LogP contribution >= 0.6 is 15.9 Å². The maximum absolute atomic E-state index is 13.6. The maximum Gasteiger partial charge on any atom is 0.274 e. The molecule has 10 nitrogen and oxygen atoms in total. The van der Waals surface area contributed by atoms with Crippen LogP contribution in [0.3, 0.4) is 0 Å². The van der Waals surface area contributed by atoms with Crippen molar-refractivity contribution in [3.8, 4) is 0 Å². The van der Waals surface area contributed by atoms with Gasteiger partial charge < -0.3 is 10.1 Å². The maximum atomic E-state index is 13.6. The molecule has 2 rings (SSSR count). The molecule has 0 aliphatic heterocycles. The molecular formula is C16H22BrFN6O4S. The number of ether oxygens (including phenoxy) is 1. The van der Waals surface area contributed by atoms with Crippen molar-refractivity contribution in [2.24, 2.45) is 16.0 Å². The number of rotatable bonds is 11. The van der Waals surface area contributed by atoms with Crippen LogP contribution in [0, 0.1) is 11.7 Å².